The van der Waals surface area contributed by atoms with E-state index in [0.717, 1.165) is 55.3 Å². The molecule has 12 heteroatoms. The number of piperazine rings is 1. The Labute approximate surface area is 207 Å². The van der Waals surface area contributed by atoms with Crippen molar-refractivity contribution in [1.29, 1.82) is 0 Å². The average Bonchev–Trinajstić information content (AvgIpc) is 3.63. The van der Waals surface area contributed by atoms with Crippen LogP contribution in [0.5, 0.6) is 0 Å². The van der Waals surface area contributed by atoms with E-state index in [2.05, 4.69) is 40.6 Å². The summed E-state index contributed by atoms with van der Waals surface area (Å²) in [4.78, 5) is 31.3. The lowest BCUT2D eigenvalue weighted by Crippen LogP contribution is -2.47. The Hall–Kier alpha value is -3.22. The Kier molecular flexibility index (Phi) is 7.11. The first-order valence-corrected chi connectivity index (χ1v) is 12.6. The molecular weight excluding hydrogens is 466 g/mol. The van der Waals surface area contributed by atoms with Gasteiger partial charge in [0.25, 0.3) is 0 Å². The van der Waals surface area contributed by atoms with Crippen LogP contribution in [0.4, 0.5) is 23.4 Å². The summed E-state index contributed by atoms with van der Waals surface area (Å²) < 4.78 is 0. The molecule has 11 nitrogen and oxygen atoms in total. The van der Waals surface area contributed by atoms with Gasteiger partial charge in [-0.05, 0) is 55.8 Å². The van der Waals surface area contributed by atoms with Gasteiger partial charge in [0, 0.05) is 61.0 Å². The van der Waals surface area contributed by atoms with Crippen molar-refractivity contribution in [1.82, 2.24) is 30.0 Å². The van der Waals surface area contributed by atoms with Gasteiger partial charge in [0.2, 0.25) is 17.8 Å². The first-order valence-electron chi connectivity index (χ1n) is 11.8. The number of amides is 1. The van der Waals surface area contributed by atoms with Crippen LogP contribution in [-0.2, 0) is 4.79 Å². The molecule has 2 fully saturated rings. The number of rotatable bonds is 9. The zero-order chi connectivity index (χ0) is 24.2. The summed E-state index contributed by atoms with van der Waals surface area (Å²) in [6, 6.07) is 9.59. The van der Waals surface area contributed by atoms with Crippen molar-refractivity contribution >= 4 is 41.1 Å². The Morgan fingerprint density at radius 1 is 1.14 bits per heavy atom. The lowest BCUT2D eigenvalue weighted by atomic mass is 10.3. The van der Waals surface area contributed by atoms with Crippen molar-refractivity contribution < 1.29 is 9.90 Å². The van der Waals surface area contributed by atoms with Crippen LogP contribution in [0.25, 0.3) is 0 Å². The number of aliphatic hydroxyl groups excluding tert-OH is 1. The normalized spacial score (nSPS) is 16.3. The Balaban J connectivity index is 1.33. The maximum atomic E-state index is 12.0. The smallest absolute Gasteiger partial charge is 0.234 e. The van der Waals surface area contributed by atoms with Gasteiger partial charge in [-0.1, -0.05) is 0 Å². The van der Waals surface area contributed by atoms with Crippen LogP contribution < -0.4 is 15.5 Å². The van der Waals surface area contributed by atoms with E-state index < -0.39 is 0 Å². The molecular formula is C23H29N9O2S. The third kappa shape index (κ3) is 6.27. The molecule has 35 heavy (non-hydrogen) atoms. The van der Waals surface area contributed by atoms with Gasteiger partial charge in [0.15, 0.2) is 11.0 Å². The summed E-state index contributed by atoms with van der Waals surface area (Å²) in [5, 5.41) is 23.1. The van der Waals surface area contributed by atoms with E-state index in [1.807, 2.05) is 37.3 Å². The molecule has 5 rings (SSSR count). The highest BCUT2D eigenvalue weighted by atomic mass is 32.2. The molecule has 1 saturated carbocycles. The first kappa shape index (κ1) is 23.5. The summed E-state index contributed by atoms with van der Waals surface area (Å²) >= 11 is 1.44. The van der Waals surface area contributed by atoms with E-state index in [4.69, 9.17) is 4.98 Å². The molecule has 1 aliphatic carbocycles. The molecule has 0 bridgehead atoms. The summed E-state index contributed by atoms with van der Waals surface area (Å²) in [5.41, 5.74) is 1.73. The summed E-state index contributed by atoms with van der Waals surface area (Å²) in [6.45, 7) is 5.98. The average molecular weight is 496 g/mol. The molecule has 2 aliphatic rings. The van der Waals surface area contributed by atoms with E-state index in [1.54, 1.807) is 0 Å². The number of H-pyrrole nitrogens is 1. The predicted octanol–water partition coefficient (Wildman–Crippen LogP) is 2.26. The monoisotopic (exact) mass is 495 g/mol. The molecule has 1 aromatic carbocycles. The number of aromatic nitrogens is 5. The summed E-state index contributed by atoms with van der Waals surface area (Å²) in [5.74, 6) is 1.93. The van der Waals surface area contributed by atoms with Gasteiger partial charge in [-0.2, -0.15) is 20.1 Å². The number of aliphatic hydroxyl groups is 1. The fraction of sp³-hybridized carbons (Fsp3) is 0.435. The van der Waals surface area contributed by atoms with Gasteiger partial charge in [0.1, 0.15) is 0 Å². The van der Waals surface area contributed by atoms with E-state index in [0.29, 0.717) is 29.4 Å². The topological polar surface area (TPSA) is 135 Å². The number of anilines is 4. The van der Waals surface area contributed by atoms with Crippen LogP contribution in [0.2, 0.25) is 0 Å². The van der Waals surface area contributed by atoms with Crippen LogP contribution in [0.3, 0.4) is 0 Å². The molecule has 3 heterocycles. The fourth-order valence-electron chi connectivity index (χ4n) is 3.80. The molecule has 1 saturated heterocycles. The second-order valence-electron chi connectivity index (χ2n) is 8.75. The Bertz CT molecular complexity index is 1160. The molecule has 0 atom stereocenters. The maximum absolute atomic E-state index is 12.0. The highest BCUT2D eigenvalue weighted by Gasteiger charge is 2.29. The minimum atomic E-state index is 0.0934. The van der Waals surface area contributed by atoms with Crippen molar-refractivity contribution in [3.63, 3.8) is 0 Å². The van der Waals surface area contributed by atoms with Gasteiger partial charge in [-0.15, -0.1) is 0 Å². The van der Waals surface area contributed by atoms with Crippen molar-refractivity contribution in [3.8, 4) is 0 Å². The van der Waals surface area contributed by atoms with Crippen molar-refractivity contribution in [2.24, 2.45) is 5.92 Å². The quantitative estimate of drug-likeness (QED) is 0.350. The number of nitrogens with one attached hydrogen (secondary N) is 3. The van der Waals surface area contributed by atoms with Gasteiger partial charge in [-0.3, -0.25) is 14.8 Å². The predicted molar refractivity (Wildman–Crippen MR) is 134 cm³/mol. The van der Waals surface area contributed by atoms with Crippen molar-refractivity contribution in [2.45, 2.75) is 29.8 Å². The number of carbonyl (C=O) groups is 1. The van der Waals surface area contributed by atoms with E-state index >= 15 is 0 Å². The Morgan fingerprint density at radius 3 is 2.57 bits per heavy atom. The fourth-order valence-corrected chi connectivity index (χ4v) is 4.54. The number of benzene rings is 1. The number of carbonyl (C=O) groups excluding carboxylic acids is 1. The molecule has 184 valence electrons. The summed E-state index contributed by atoms with van der Waals surface area (Å²) in [6.07, 6.45) is 1.96. The van der Waals surface area contributed by atoms with Crippen LogP contribution >= 0.6 is 11.8 Å². The Morgan fingerprint density at radius 2 is 1.91 bits per heavy atom. The zero-order valence-corrected chi connectivity index (χ0v) is 20.4. The number of hydrogen-bond donors (Lipinski definition) is 4. The first-order chi connectivity index (χ1) is 17.1. The van der Waals surface area contributed by atoms with E-state index in [-0.39, 0.29) is 18.4 Å². The van der Waals surface area contributed by atoms with Crippen LogP contribution in [0.1, 0.15) is 18.5 Å². The third-order valence-electron chi connectivity index (χ3n) is 5.90. The van der Waals surface area contributed by atoms with Gasteiger partial charge in [0.05, 0.1) is 6.61 Å². The molecule has 2 aromatic heterocycles. The largest absolute Gasteiger partial charge is 0.395 e. The standard InChI is InChI=1S/C23H29N9O2S/c1-15-14-19(30-29-15)25-21-26-22(32-10-8-31(9-11-32)12-13-33)28-23(27-21)35-18-6-4-17(5-7-18)24-20(34)16-2-3-16/h4-7,14,16,33H,2-3,8-13H2,1H3,(H,24,34)(H2,25,26,27,28,29,30). The minimum absolute atomic E-state index is 0.0934. The molecule has 3 aromatic rings. The zero-order valence-electron chi connectivity index (χ0n) is 19.6. The highest BCUT2D eigenvalue weighted by Crippen LogP contribution is 2.31. The molecule has 0 radical (unpaired) electrons. The SMILES string of the molecule is Cc1cc(Nc2nc(Sc3ccc(NC(=O)C4CC4)cc3)nc(N3CCN(CCO)CC3)n2)n[nH]1. The number of β-amino-alcohol motifs (C(OH)–C–C–N with tert-alkyl or cyclic N) is 1. The van der Waals surface area contributed by atoms with Gasteiger partial charge >= 0.3 is 0 Å². The number of aryl methyl sites for hydroxylation is 1. The second kappa shape index (κ2) is 10.6. The lowest BCUT2D eigenvalue weighted by molar-refractivity contribution is -0.117. The number of nitrogens with zero attached hydrogens (tertiary/aromatic N) is 6. The number of aromatic amines is 1. The van der Waals surface area contributed by atoms with Crippen molar-refractivity contribution in [2.75, 3.05) is 54.9 Å². The summed E-state index contributed by atoms with van der Waals surface area (Å²) in [7, 11) is 0. The molecule has 4 N–H and O–H groups in total. The van der Waals surface area contributed by atoms with E-state index in [9.17, 15) is 9.90 Å². The minimum Gasteiger partial charge on any atom is -0.395 e. The van der Waals surface area contributed by atoms with Crippen LogP contribution in [0, 0.1) is 12.8 Å². The molecule has 1 amide bonds. The van der Waals surface area contributed by atoms with Gasteiger partial charge < -0.3 is 20.6 Å². The molecule has 1 aliphatic heterocycles. The molecule has 0 unspecified atom stereocenters. The second-order valence-corrected chi connectivity index (χ2v) is 9.79. The lowest BCUT2D eigenvalue weighted by Gasteiger charge is -2.34. The van der Waals surface area contributed by atoms with Crippen LogP contribution in [-0.4, -0.2) is 80.4 Å². The third-order valence-corrected chi connectivity index (χ3v) is 6.77. The van der Waals surface area contributed by atoms with E-state index in [1.165, 1.54) is 11.8 Å². The van der Waals surface area contributed by atoms with Gasteiger partial charge in [-0.25, -0.2) is 0 Å². The van der Waals surface area contributed by atoms with Crippen molar-refractivity contribution in [3.05, 3.63) is 36.0 Å². The highest BCUT2D eigenvalue weighted by molar-refractivity contribution is 7.99. The maximum Gasteiger partial charge on any atom is 0.234 e. The number of hydrogen-bond acceptors (Lipinski definition) is 10. The van der Waals surface area contributed by atoms with Crippen LogP contribution in [0.15, 0.2) is 40.4 Å². The molecule has 0 spiro atoms.